The summed E-state index contributed by atoms with van der Waals surface area (Å²) < 4.78 is 0. The Balaban J connectivity index is 1.97. The maximum atomic E-state index is 5.35. The Bertz CT molecular complexity index is 533. The Hall–Kier alpha value is -1.39. The molecule has 1 aliphatic carbocycles. The van der Waals surface area contributed by atoms with Crippen molar-refractivity contribution in [3.8, 4) is 10.4 Å². The summed E-state index contributed by atoms with van der Waals surface area (Å²) in [6.45, 7) is 0. The lowest BCUT2D eigenvalue weighted by Gasteiger charge is -2.16. The minimum atomic E-state index is 0.762. The van der Waals surface area contributed by atoms with Gasteiger partial charge in [0.2, 0.25) is 0 Å². The third-order valence-corrected chi connectivity index (χ3v) is 4.24. The number of thiazole rings is 1. The van der Waals surface area contributed by atoms with Gasteiger partial charge >= 0.3 is 0 Å². The van der Waals surface area contributed by atoms with Gasteiger partial charge in [-0.3, -0.25) is 5.43 Å². The molecule has 1 aromatic heterocycles. The first kappa shape index (κ1) is 10.7. The van der Waals surface area contributed by atoms with Gasteiger partial charge in [-0.15, -0.1) is 0 Å². The van der Waals surface area contributed by atoms with Crippen molar-refractivity contribution in [1.29, 1.82) is 0 Å². The largest absolute Gasteiger partial charge is 0.300 e. The summed E-state index contributed by atoms with van der Waals surface area (Å²) in [5.41, 5.74) is 6.86. The first-order chi connectivity index (χ1) is 8.36. The van der Waals surface area contributed by atoms with Crippen molar-refractivity contribution in [1.82, 2.24) is 4.98 Å². The quantitative estimate of drug-likeness (QED) is 0.631. The van der Waals surface area contributed by atoms with Crippen LogP contribution in [0.4, 0.5) is 5.13 Å². The fourth-order valence-electron chi connectivity index (χ4n) is 2.36. The van der Waals surface area contributed by atoms with E-state index in [0.29, 0.717) is 0 Å². The maximum Gasteiger partial charge on any atom is 0.197 e. The van der Waals surface area contributed by atoms with Crippen molar-refractivity contribution in [2.75, 3.05) is 5.43 Å². The summed E-state index contributed by atoms with van der Waals surface area (Å²) in [4.78, 5) is 5.38. The van der Waals surface area contributed by atoms with Crippen LogP contribution in [0.5, 0.6) is 0 Å². The van der Waals surface area contributed by atoms with Gasteiger partial charge in [0.1, 0.15) is 0 Å². The molecule has 0 aliphatic heterocycles. The minimum Gasteiger partial charge on any atom is -0.300 e. The predicted molar refractivity (Wildman–Crippen MR) is 72.0 cm³/mol. The van der Waals surface area contributed by atoms with Gasteiger partial charge in [0.05, 0.1) is 4.88 Å². The fraction of sp³-hybridized carbons (Fsp3) is 0.308. The summed E-state index contributed by atoms with van der Waals surface area (Å²) >= 11 is 1.59. The van der Waals surface area contributed by atoms with Gasteiger partial charge in [-0.05, 0) is 42.4 Å². The van der Waals surface area contributed by atoms with Crippen LogP contribution in [-0.4, -0.2) is 4.98 Å². The predicted octanol–water partition coefficient (Wildman–Crippen LogP) is 2.97. The van der Waals surface area contributed by atoms with Gasteiger partial charge in [0.15, 0.2) is 5.13 Å². The van der Waals surface area contributed by atoms with Gasteiger partial charge in [-0.2, -0.15) is 0 Å². The first-order valence-corrected chi connectivity index (χ1v) is 6.73. The number of nitrogens with zero attached hydrogens (tertiary/aromatic N) is 1. The fourth-order valence-corrected chi connectivity index (χ4v) is 3.08. The molecule has 0 radical (unpaired) electrons. The van der Waals surface area contributed by atoms with Crippen LogP contribution >= 0.6 is 11.3 Å². The molecule has 0 saturated heterocycles. The highest BCUT2D eigenvalue weighted by atomic mass is 32.1. The van der Waals surface area contributed by atoms with E-state index in [0.717, 1.165) is 5.13 Å². The minimum absolute atomic E-state index is 0.762. The van der Waals surface area contributed by atoms with Crippen LogP contribution in [0.15, 0.2) is 24.4 Å². The van der Waals surface area contributed by atoms with Crippen molar-refractivity contribution < 1.29 is 0 Å². The monoisotopic (exact) mass is 245 g/mol. The van der Waals surface area contributed by atoms with E-state index in [1.54, 1.807) is 11.3 Å². The van der Waals surface area contributed by atoms with Gasteiger partial charge in [-0.25, -0.2) is 10.8 Å². The van der Waals surface area contributed by atoms with Crippen molar-refractivity contribution in [2.45, 2.75) is 25.7 Å². The average molecular weight is 245 g/mol. The molecule has 3 rings (SSSR count). The van der Waals surface area contributed by atoms with E-state index < -0.39 is 0 Å². The molecule has 3 N–H and O–H groups in total. The first-order valence-electron chi connectivity index (χ1n) is 5.91. The molecule has 0 unspecified atom stereocenters. The summed E-state index contributed by atoms with van der Waals surface area (Å²) in [6, 6.07) is 6.76. The SMILES string of the molecule is NNc1ncc(-c2ccc3c(c2)CCCC3)s1. The summed E-state index contributed by atoms with van der Waals surface area (Å²) in [5.74, 6) is 5.35. The number of nitrogens with one attached hydrogen (secondary N) is 1. The molecule has 17 heavy (non-hydrogen) atoms. The Morgan fingerprint density at radius 2 is 2.00 bits per heavy atom. The molecule has 88 valence electrons. The topological polar surface area (TPSA) is 50.9 Å². The number of fused-ring (bicyclic) bond motifs is 1. The molecule has 1 heterocycles. The number of rotatable bonds is 2. The van der Waals surface area contributed by atoms with Crippen molar-refractivity contribution in [3.05, 3.63) is 35.5 Å². The van der Waals surface area contributed by atoms with E-state index in [9.17, 15) is 0 Å². The smallest absolute Gasteiger partial charge is 0.197 e. The summed E-state index contributed by atoms with van der Waals surface area (Å²) in [6.07, 6.45) is 6.96. The standard InChI is InChI=1S/C13H15N3S/c14-16-13-15-8-12(17-13)11-6-5-9-3-1-2-4-10(9)7-11/h5-8H,1-4,14H2,(H,15,16). The van der Waals surface area contributed by atoms with Crippen molar-refractivity contribution in [3.63, 3.8) is 0 Å². The molecular weight excluding hydrogens is 230 g/mol. The van der Waals surface area contributed by atoms with Crippen LogP contribution in [0, 0.1) is 0 Å². The highest BCUT2D eigenvalue weighted by Gasteiger charge is 2.11. The van der Waals surface area contributed by atoms with E-state index in [1.807, 2.05) is 6.20 Å². The lowest BCUT2D eigenvalue weighted by Crippen LogP contribution is -2.05. The van der Waals surface area contributed by atoms with Gasteiger partial charge in [-0.1, -0.05) is 29.5 Å². The lowest BCUT2D eigenvalue weighted by molar-refractivity contribution is 0.686. The van der Waals surface area contributed by atoms with Crippen LogP contribution < -0.4 is 11.3 Å². The Labute approximate surface area is 105 Å². The van der Waals surface area contributed by atoms with Crippen LogP contribution in [0.3, 0.4) is 0 Å². The summed E-state index contributed by atoms with van der Waals surface area (Å²) in [7, 11) is 0. The molecule has 0 spiro atoms. The number of anilines is 1. The number of hydrogen-bond donors (Lipinski definition) is 2. The molecule has 0 bridgehead atoms. The second-order valence-electron chi connectivity index (χ2n) is 4.36. The van der Waals surface area contributed by atoms with E-state index in [-0.39, 0.29) is 0 Å². The Morgan fingerprint density at radius 3 is 2.76 bits per heavy atom. The van der Waals surface area contributed by atoms with Crippen LogP contribution in [0.1, 0.15) is 24.0 Å². The number of benzene rings is 1. The van der Waals surface area contributed by atoms with Crippen LogP contribution in [0.2, 0.25) is 0 Å². The Kier molecular flexibility index (Phi) is 2.82. The van der Waals surface area contributed by atoms with Crippen molar-refractivity contribution in [2.24, 2.45) is 5.84 Å². The number of hydrazine groups is 1. The zero-order valence-corrected chi connectivity index (χ0v) is 10.4. The molecule has 1 aromatic carbocycles. The molecule has 0 fully saturated rings. The van der Waals surface area contributed by atoms with E-state index in [2.05, 4.69) is 28.6 Å². The van der Waals surface area contributed by atoms with Gasteiger partial charge in [0, 0.05) is 6.20 Å². The third kappa shape index (κ3) is 2.06. The Morgan fingerprint density at radius 1 is 1.18 bits per heavy atom. The normalized spacial score (nSPS) is 14.4. The van der Waals surface area contributed by atoms with Gasteiger partial charge < -0.3 is 0 Å². The van der Waals surface area contributed by atoms with Crippen LogP contribution in [-0.2, 0) is 12.8 Å². The number of nitrogen functional groups attached to an aromatic ring is 1. The number of nitrogens with two attached hydrogens (primary N) is 1. The zero-order chi connectivity index (χ0) is 11.7. The molecule has 1 aliphatic rings. The van der Waals surface area contributed by atoms with E-state index in [4.69, 9.17) is 5.84 Å². The van der Waals surface area contributed by atoms with E-state index >= 15 is 0 Å². The molecular formula is C13H15N3S. The highest BCUT2D eigenvalue weighted by Crippen LogP contribution is 2.31. The lowest BCUT2D eigenvalue weighted by atomic mass is 9.90. The molecule has 4 heteroatoms. The number of aryl methyl sites for hydroxylation is 2. The molecule has 3 nitrogen and oxygen atoms in total. The number of hydrogen-bond acceptors (Lipinski definition) is 4. The highest BCUT2D eigenvalue weighted by molar-refractivity contribution is 7.18. The number of aromatic nitrogens is 1. The molecule has 0 amide bonds. The molecule has 0 atom stereocenters. The maximum absolute atomic E-state index is 5.35. The van der Waals surface area contributed by atoms with Gasteiger partial charge in [0.25, 0.3) is 0 Å². The van der Waals surface area contributed by atoms with E-state index in [1.165, 1.54) is 47.3 Å². The van der Waals surface area contributed by atoms with Crippen LogP contribution in [0.25, 0.3) is 10.4 Å². The van der Waals surface area contributed by atoms with Crippen molar-refractivity contribution >= 4 is 16.5 Å². The molecule has 0 saturated carbocycles. The second kappa shape index (κ2) is 4.47. The molecule has 2 aromatic rings. The second-order valence-corrected chi connectivity index (χ2v) is 5.40. The zero-order valence-electron chi connectivity index (χ0n) is 9.57. The summed E-state index contributed by atoms with van der Waals surface area (Å²) in [5, 5.41) is 0.762. The average Bonchev–Trinajstić information content (AvgIpc) is 2.87. The third-order valence-electron chi connectivity index (χ3n) is 3.26.